The lowest BCUT2D eigenvalue weighted by Crippen LogP contribution is -2.39. The molecule has 2 aromatic heterocycles. The van der Waals surface area contributed by atoms with Gasteiger partial charge in [0.15, 0.2) is 0 Å². The molecule has 1 aromatic carbocycles. The number of benzene rings is 1. The molecule has 1 aliphatic rings. The van der Waals surface area contributed by atoms with Crippen molar-refractivity contribution >= 4 is 33.0 Å². The molecule has 5 nitrogen and oxygen atoms in total. The van der Waals surface area contributed by atoms with E-state index in [4.69, 9.17) is 0 Å². The Morgan fingerprint density at radius 2 is 2.04 bits per heavy atom. The van der Waals surface area contributed by atoms with Crippen LogP contribution < -0.4 is 5.56 Å². The molecule has 1 amide bonds. The predicted octanol–water partition coefficient (Wildman–Crippen LogP) is 2.77. The Bertz CT molecular complexity index is 1000. The van der Waals surface area contributed by atoms with Crippen molar-refractivity contribution in [3.8, 4) is 0 Å². The van der Waals surface area contributed by atoms with Crippen molar-refractivity contribution in [2.75, 3.05) is 13.1 Å². The molecule has 1 aliphatic heterocycles. The summed E-state index contributed by atoms with van der Waals surface area (Å²) in [5.74, 6) is -0.0555. The highest BCUT2D eigenvalue weighted by Crippen LogP contribution is 2.21. The van der Waals surface area contributed by atoms with Gasteiger partial charge in [0.05, 0.1) is 11.7 Å². The number of amides is 1. The fourth-order valence-electron chi connectivity index (χ4n) is 3.07. The van der Waals surface area contributed by atoms with E-state index in [0.29, 0.717) is 23.3 Å². The molecule has 0 saturated heterocycles. The minimum Gasteiger partial charge on any atom is -0.336 e. The third kappa shape index (κ3) is 3.13. The van der Waals surface area contributed by atoms with Gasteiger partial charge in [0.25, 0.3) is 5.56 Å². The summed E-state index contributed by atoms with van der Waals surface area (Å²) < 4.78 is 1.40. The smallest absolute Gasteiger partial charge is 0.262 e. The molecule has 0 unspecified atom stereocenters. The lowest BCUT2D eigenvalue weighted by Gasteiger charge is -2.28. The molecule has 0 N–H and O–H groups in total. The van der Waals surface area contributed by atoms with Gasteiger partial charge in [-0.3, -0.25) is 14.2 Å². The first kappa shape index (κ1) is 15.8. The van der Waals surface area contributed by atoms with Gasteiger partial charge in [-0.15, -0.1) is 11.3 Å². The van der Waals surface area contributed by atoms with Crippen molar-refractivity contribution < 1.29 is 4.79 Å². The van der Waals surface area contributed by atoms with E-state index in [9.17, 15) is 9.59 Å². The van der Waals surface area contributed by atoms with Gasteiger partial charge in [0.1, 0.15) is 11.4 Å². The number of thiophene rings is 1. The fraction of sp³-hybridized carbons (Fsp3) is 0.211. The molecular formula is C19H17N3O2S. The lowest BCUT2D eigenvalue weighted by molar-refractivity contribution is -0.131. The molecule has 0 aliphatic carbocycles. The van der Waals surface area contributed by atoms with Gasteiger partial charge < -0.3 is 4.90 Å². The summed E-state index contributed by atoms with van der Waals surface area (Å²) >= 11 is 1.43. The number of rotatable bonds is 3. The number of nitrogens with zero attached hydrogens (tertiary/aromatic N) is 3. The molecule has 0 atom stereocenters. The quantitative estimate of drug-likeness (QED) is 0.729. The Kier molecular flexibility index (Phi) is 4.19. The molecule has 0 saturated carbocycles. The molecule has 0 spiro atoms. The zero-order chi connectivity index (χ0) is 17.2. The maximum Gasteiger partial charge on any atom is 0.262 e. The number of hydrogen-bond acceptors (Lipinski definition) is 4. The zero-order valence-electron chi connectivity index (χ0n) is 13.6. The largest absolute Gasteiger partial charge is 0.336 e. The molecular weight excluding hydrogens is 334 g/mol. The van der Waals surface area contributed by atoms with Crippen molar-refractivity contribution in [3.05, 3.63) is 70.1 Å². The normalized spacial score (nSPS) is 14.6. The van der Waals surface area contributed by atoms with E-state index in [1.807, 2.05) is 28.5 Å². The van der Waals surface area contributed by atoms with Gasteiger partial charge in [0.2, 0.25) is 5.91 Å². The summed E-state index contributed by atoms with van der Waals surface area (Å²) in [5.41, 5.74) is 2.13. The van der Waals surface area contributed by atoms with Crippen LogP contribution in [0.5, 0.6) is 0 Å². The van der Waals surface area contributed by atoms with Crippen molar-refractivity contribution in [3.63, 3.8) is 0 Å². The summed E-state index contributed by atoms with van der Waals surface area (Å²) in [4.78, 5) is 31.9. The molecule has 126 valence electrons. The topological polar surface area (TPSA) is 55.2 Å². The van der Waals surface area contributed by atoms with Crippen molar-refractivity contribution in [2.24, 2.45) is 0 Å². The minimum atomic E-state index is -0.157. The van der Waals surface area contributed by atoms with Gasteiger partial charge in [-0.25, -0.2) is 4.98 Å². The lowest BCUT2D eigenvalue weighted by atomic mass is 10.0. The molecule has 0 fully saturated rings. The Labute approximate surface area is 148 Å². The highest BCUT2D eigenvalue weighted by atomic mass is 32.1. The molecule has 4 rings (SSSR count). The van der Waals surface area contributed by atoms with Crippen molar-refractivity contribution in [1.82, 2.24) is 14.5 Å². The SMILES string of the molecule is O=C(Cn1cnc2sccc2c1=O)N1CCC=C(c2ccccc2)C1. The molecule has 0 radical (unpaired) electrons. The van der Waals surface area contributed by atoms with Crippen molar-refractivity contribution in [1.29, 1.82) is 0 Å². The highest BCUT2D eigenvalue weighted by molar-refractivity contribution is 7.16. The Morgan fingerprint density at radius 3 is 2.88 bits per heavy atom. The molecule has 3 aromatic rings. The van der Waals surface area contributed by atoms with Gasteiger partial charge in [-0.05, 0) is 29.0 Å². The van der Waals surface area contributed by atoms with Crippen LogP contribution in [0.25, 0.3) is 15.8 Å². The highest BCUT2D eigenvalue weighted by Gasteiger charge is 2.20. The summed E-state index contributed by atoms with van der Waals surface area (Å²) in [7, 11) is 0. The number of aromatic nitrogens is 2. The Balaban J connectivity index is 1.52. The number of carbonyl (C=O) groups excluding carboxylic acids is 1. The third-order valence-corrected chi connectivity index (χ3v) is 5.23. The first-order chi connectivity index (χ1) is 12.2. The average molecular weight is 351 g/mol. The van der Waals surface area contributed by atoms with Gasteiger partial charge >= 0.3 is 0 Å². The van der Waals surface area contributed by atoms with Crippen LogP contribution in [-0.4, -0.2) is 33.4 Å². The Morgan fingerprint density at radius 1 is 1.20 bits per heavy atom. The first-order valence-corrected chi connectivity index (χ1v) is 9.05. The Hall–Kier alpha value is -2.73. The van der Waals surface area contributed by atoms with Crippen LogP contribution in [0.2, 0.25) is 0 Å². The standard InChI is InChI=1S/C19H17N3O2S/c23-17(12-22-13-20-18-16(19(22)24)8-10-25-18)21-9-4-7-15(11-21)14-5-2-1-3-6-14/h1-3,5-8,10,13H,4,9,11-12H2. The third-order valence-electron chi connectivity index (χ3n) is 4.40. The molecule has 0 bridgehead atoms. The van der Waals surface area contributed by atoms with E-state index < -0.39 is 0 Å². The van der Waals surface area contributed by atoms with Gasteiger partial charge in [-0.2, -0.15) is 0 Å². The number of fused-ring (bicyclic) bond motifs is 1. The first-order valence-electron chi connectivity index (χ1n) is 8.17. The molecule has 25 heavy (non-hydrogen) atoms. The second-order valence-corrected chi connectivity index (χ2v) is 6.91. The zero-order valence-corrected chi connectivity index (χ0v) is 14.4. The number of hydrogen-bond donors (Lipinski definition) is 0. The van der Waals surface area contributed by atoms with Crippen LogP contribution >= 0.6 is 11.3 Å². The van der Waals surface area contributed by atoms with E-state index in [1.165, 1.54) is 22.2 Å². The second-order valence-electron chi connectivity index (χ2n) is 6.02. The fourth-order valence-corrected chi connectivity index (χ4v) is 3.79. The molecule has 3 heterocycles. The summed E-state index contributed by atoms with van der Waals surface area (Å²) in [6.45, 7) is 1.28. The maximum atomic E-state index is 12.7. The molecule has 6 heteroatoms. The van der Waals surface area contributed by atoms with E-state index in [0.717, 1.165) is 17.6 Å². The summed E-state index contributed by atoms with van der Waals surface area (Å²) in [6, 6.07) is 11.8. The number of carbonyl (C=O) groups is 1. The monoisotopic (exact) mass is 351 g/mol. The predicted molar refractivity (Wildman–Crippen MR) is 99.5 cm³/mol. The van der Waals surface area contributed by atoms with Crippen LogP contribution in [0, 0.1) is 0 Å². The van der Waals surface area contributed by atoms with Gasteiger partial charge in [0, 0.05) is 13.1 Å². The van der Waals surface area contributed by atoms with E-state index in [-0.39, 0.29) is 18.0 Å². The average Bonchev–Trinajstić information content (AvgIpc) is 3.14. The van der Waals surface area contributed by atoms with Crippen molar-refractivity contribution in [2.45, 2.75) is 13.0 Å². The van der Waals surface area contributed by atoms with E-state index >= 15 is 0 Å². The van der Waals surface area contributed by atoms with Gasteiger partial charge in [-0.1, -0.05) is 36.4 Å². The van der Waals surface area contributed by atoms with E-state index in [2.05, 4.69) is 23.2 Å². The van der Waals surface area contributed by atoms with Crippen LogP contribution in [0.3, 0.4) is 0 Å². The van der Waals surface area contributed by atoms with Crippen LogP contribution in [0.15, 0.2) is 59.0 Å². The summed E-state index contributed by atoms with van der Waals surface area (Å²) in [5, 5.41) is 2.41. The van der Waals surface area contributed by atoms with Crippen LogP contribution in [-0.2, 0) is 11.3 Å². The second kappa shape index (κ2) is 6.64. The minimum absolute atomic E-state index is 0.0275. The van der Waals surface area contributed by atoms with Crippen LogP contribution in [0.1, 0.15) is 12.0 Å². The summed E-state index contributed by atoms with van der Waals surface area (Å²) in [6.07, 6.45) is 4.48. The maximum absolute atomic E-state index is 12.7. The van der Waals surface area contributed by atoms with Crippen LogP contribution in [0.4, 0.5) is 0 Å². The van der Waals surface area contributed by atoms with E-state index in [1.54, 1.807) is 6.07 Å².